The van der Waals surface area contributed by atoms with Crippen molar-refractivity contribution in [3.8, 4) is 0 Å². The van der Waals surface area contributed by atoms with E-state index < -0.39 is 0 Å². The van der Waals surface area contributed by atoms with Crippen molar-refractivity contribution in [2.75, 3.05) is 26.2 Å². The molecule has 1 aliphatic rings. The van der Waals surface area contributed by atoms with Crippen LogP contribution in [0.3, 0.4) is 0 Å². The van der Waals surface area contributed by atoms with Crippen molar-refractivity contribution in [1.82, 2.24) is 4.90 Å². The van der Waals surface area contributed by atoms with Crippen LogP contribution in [0.5, 0.6) is 0 Å². The van der Waals surface area contributed by atoms with E-state index in [0.717, 1.165) is 18.9 Å². The summed E-state index contributed by atoms with van der Waals surface area (Å²) in [6.07, 6.45) is 3.94. The van der Waals surface area contributed by atoms with E-state index in [0.29, 0.717) is 6.54 Å². The minimum Gasteiger partial charge on any atom is -0.395 e. The smallest absolute Gasteiger partial charge is 0.123 e. The predicted molar refractivity (Wildman–Crippen MR) is 45.8 cm³/mol. The van der Waals surface area contributed by atoms with Gasteiger partial charge in [-0.05, 0) is 13.0 Å². The number of aliphatic imine (C=N–C) groups is 1. The highest BCUT2D eigenvalue weighted by Gasteiger charge is 2.12. The molecule has 1 N–H and O–H groups in total. The SMILES string of the molecule is C/C=C/C1=NCCN1CCO. The molecule has 1 heterocycles. The molecule has 0 fully saturated rings. The standard InChI is InChI=1S/C8H14N2O/c1-2-3-8-9-4-5-10(8)6-7-11/h2-3,11H,4-7H2,1H3/b3-2+. The maximum absolute atomic E-state index is 8.69. The number of allylic oxidation sites excluding steroid dienone is 1. The van der Waals surface area contributed by atoms with E-state index in [-0.39, 0.29) is 6.61 Å². The first-order valence-electron chi connectivity index (χ1n) is 3.91. The Balaban J connectivity index is 2.48. The summed E-state index contributed by atoms with van der Waals surface area (Å²) in [4.78, 5) is 6.35. The van der Waals surface area contributed by atoms with Crippen LogP contribution in [0.1, 0.15) is 6.92 Å². The van der Waals surface area contributed by atoms with Crippen LogP contribution in [0.2, 0.25) is 0 Å². The molecule has 0 atom stereocenters. The third-order valence-electron chi connectivity index (χ3n) is 1.65. The highest BCUT2D eigenvalue weighted by atomic mass is 16.3. The van der Waals surface area contributed by atoms with Crippen molar-refractivity contribution in [3.63, 3.8) is 0 Å². The minimum atomic E-state index is 0.205. The van der Waals surface area contributed by atoms with Gasteiger partial charge < -0.3 is 10.0 Å². The van der Waals surface area contributed by atoms with E-state index in [1.807, 2.05) is 19.1 Å². The van der Waals surface area contributed by atoms with Crippen molar-refractivity contribution in [3.05, 3.63) is 12.2 Å². The van der Waals surface area contributed by atoms with Gasteiger partial charge in [0.2, 0.25) is 0 Å². The molecule has 3 nitrogen and oxygen atoms in total. The zero-order valence-corrected chi connectivity index (χ0v) is 6.82. The van der Waals surface area contributed by atoms with Gasteiger partial charge >= 0.3 is 0 Å². The van der Waals surface area contributed by atoms with E-state index >= 15 is 0 Å². The number of rotatable bonds is 3. The van der Waals surface area contributed by atoms with E-state index in [1.54, 1.807) is 0 Å². The van der Waals surface area contributed by atoms with Crippen LogP contribution in [0.4, 0.5) is 0 Å². The van der Waals surface area contributed by atoms with Gasteiger partial charge in [0.15, 0.2) is 0 Å². The second kappa shape index (κ2) is 4.13. The lowest BCUT2D eigenvalue weighted by Gasteiger charge is -2.15. The van der Waals surface area contributed by atoms with Crippen molar-refractivity contribution >= 4 is 5.84 Å². The van der Waals surface area contributed by atoms with E-state index in [9.17, 15) is 0 Å². The van der Waals surface area contributed by atoms with E-state index in [1.165, 1.54) is 0 Å². The van der Waals surface area contributed by atoms with Gasteiger partial charge in [-0.25, -0.2) is 0 Å². The van der Waals surface area contributed by atoms with Gasteiger partial charge in [0, 0.05) is 13.1 Å². The Hall–Kier alpha value is -0.830. The number of hydrogen-bond donors (Lipinski definition) is 1. The molecule has 0 aliphatic carbocycles. The Kier molecular flexibility index (Phi) is 3.11. The Labute approximate surface area is 67.0 Å². The summed E-state index contributed by atoms with van der Waals surface area (Å²) >= 11 is 0. The average Bonchev–Trinajstić information content (AvgIpc) is 2.39. The normalized spacial score (nSPS) is 18.0. The van der Waals surface area contributed by atoms with Gasteiger partial charge in [-0.1, -0.05) is 6.08 Å². The van der Waals surface area contributed by atoms with Crippen LogP contribution in [-0.2, 0) is 0 Å². The third kappa shape index (κ3) is 2.05. The van der Waals surface area contributed by atoms with Gasteiger partial charge in [-0.2, -0.15) is 0 Å². The Bertz CT molecular complexity index is 175. The molecule has 0 unspecified atom stereocenters. The zero-order chi connectivity index (χ0) is 8.10. The second-order valence-electron chi connectivity index (χ2n) is 2.45. The first kappa shape index (κ1) is 8.27. The van der Waals surface area contributed by atoms with Gasteiger partial charge in [-0.15, -0.1) is 0 Å². The summed E-state index contributed by atoms with van der Waals surface area (Å²) in [5.74, 6) is 1.00. The lowest BCUT2D eigenvalue weighted by molar-refractivity contribution is 0.257. The maximum atomic E-state index is 8.69. The lowest BCUT2D eigenvalue weighted by Crippen LogP contribution is -2.29. The molecule has 0 aromatic carbocycles. The molecule has 1 rings (SSSR count). The summed E-state index contributed by atoms with van der Waals surface area (Å²) in [7, 11) is 0. The predicted octanol–water partition coefficient (Wildman–Crippen LogP) is 0.269. The molecule has 1 aliphatic heterocycles. The van der Waals surface area contributed by atoms with Crippen LogP contribution < -0.4 is 0 Å². The molecule has 0 saturated carbocycles. The monoisotopic (exact) mass is 154 g/mol. The fourth-order valence-corrected chi connectivity index (χ4v) is 1.15. The number of amidine groups is 1. The maximum Gasteiger partial charge on any atom is 0.123 e. The molecular formula is C8H14N2O. The summed E-state index contributed by atoms with van der Waals surface area (Å²) in [5.41, 5.74) is 0. The molecule has 0 bridgehead atoms. The minimum absolute atomic E-state index is 0.205. The Morgan fingerprint density at radius 1 is 1.73 bits per heavy atom. The van der Waals surface area contributed by atoms with Crippen LogP contribution in [-0.4, -0.2) is 42.1 Å². The van der Waals surface area contributed by atoms with Crippen molar-refractivity contribution in [2.45, 2.75) is 6.92 Å². The molecule has 0 radical (unpaired) electrons. The number of aliphatic hydroxyl groups excluding tert-OH is 1. The Morgan fingerprint density at radius 3 is 3.18 bits per heavy atom. The first-order chi connectivity index (χ1) is 5.38. The average molecular weight is 154 g/mol. The summed E-state index contributed by atoms with van der Waals surface area (Å²) < 4.78 is 0. The highest BCUT2D eigenvalue weighted by molar-refractivity contribution is 5.93. The van der Waals surface area contributed by atoms with Crippen LogP contribution >= 0.6 is 0 Å². The van der Waals surface area contributed by atoms with Crippen LogP contribution in [0, 0.1) is 0 Å². The van der Waals surface area contributed by atoms with E-state index in [4.69, 9.17) is 5.11 Å². The topological polar surface area (TPSA) is 35.8 Å². The molecule has 0 saturated heterocycles. The van der Waals surface area contributed by atoms with Crippen LogP contribution in [0.15, 0.2) is 17.1 Å². The van der Waals surface area contributed by atoms with E-state index in [2.05, 4.69) is 9.89 Å². The molecule has 0 aromatic rings. The molecule has 3 heteroatoms. The highest BCUT2D eigenvalue weighted by Crippen LogP contribution is 2.01. The fraction of sp³-hybridized carbons (Fsp3) is 0.625. The Morgan fingerprint density at radius 2 is 2.55 bits per heavy atom. The summed E-state index contributed by atoms with van der Waals surface area (Å²) in [5, 5.41) is 8.69. The lowest BCUT2D eigenvalue weighted by atomic mass is 10.4. The van der Waals surface area contributed by atoms with Crippen LogP contribution in [0.25, 0.3) is 0 Å². The van der Waals surface area contributed by atoms with Crippen molar-refractivity contribution < 1.29 is 5.11 Å². The second-order valence-corrected chi connectivity index (χ2v) is 2.45. The third-order valence-corrected chi connectivity index (χ3v) is 1.65. The quantitative estimate of drug-likeness (QED) is 0.633. The molecule has 0 spiro atoms. The largest absolute Gasteiger partial charge is 0.395 e. The summed E-state index contributed by atoms with van der Waals surface area (Å²) in [6.45, 7) is 4.68. The fourth-order valence-electron chi connectivity index (χ4n) is 1.15. The molecule has 11 heavy (non-hydrogen) atoms. The molecule has 62 valence electrons. The van der Waals surface area contributed by atoms with Gasteiger partial charge in [0.1, 0.15) is 5.84 Å². The number of nitrogens with zero attached hydrogens (tertiary/aromatic N) is 2. The van der Waals surface area contributed by atoms with Crippen molar-refractivity contribution in [2.24, 2.45) is 4.99 Å². The molecule has 0 aromatic heterocycles. The molecule has 0 amide bonds. The van der Waals surface area contributed by atoms with Crippen molar-refractivity contribution in [1.29, 1.82) is 0 Å². The van der Waals surface area contributed by atoms with Gasteiger partial charge in [0.25, 0.3) is 0 Å². The zero-order valence-electron chi connectivity index (χ0n) is 6.82. The number of β-amino-alcohol motifs (C(OH)–C–C–N with tert-alkyl or cyclic N) is 1. The summed E-state index contributed by atoms with van der Waals surface area (Å²) in [6, 6.07) is 0. The van der Waals surface area contributed by atoms with Gasteiger partial charge in [-0.3, -0.25) is 4.99 Å². The first-order valence-corrected chi connectivity index (χ1v) is 3.91. The molecular weight excluding hydrogens is 140 g/mol. The number of aliphatic hydroxyl groups is 1. The van der Waals surface area contributed by atoms with Gasteiger partial charge in [0.05, 0.1) is 13.2 Å². The number of hydrogen-bond acceptors (Lipinski definition) is 3.